The molecule has 16 heavy (non-hydrogen) atoms. The molecule has 0 bridgehead atoms. The number of rotatable bonds is 1. The Labute approximate surface area is 102 Å². The second kappa shape index (κ2) is 4.22. The molecule has 0 unspecified atom stereocenters. The standard InChI is InChI=1S/C12H10BrNO2/c1-7-6-14-10-4-3-8(12(15)16-2)5-9(10)11(7)13/h3-6H,1-2H3. The molecule has 4 heteroatoms. The Morgan fingerprint density at radius 1 is 1.44 bits per heavy atom. The Morgan fingerprint density at radius 3 is 2.88 bits per heavy atom. The van der Waals surface area contributed by atoms with Crippen LogP contribution in [0.3, 0.4) is 0 Å². The normalized spacial score (nSPS) is 10.4. The Kier molecular flexibility index (Phi) is 2.92. The van der Waals surface area contributed by atoms with Crippen LogP contribution in [0.25, 0.3) is 10.9 Å². The van der Waals surface area contributed by atoms with Crippen molar-refractivity contribution in [3.8, 4) is 0 Å². The molecule has 1 heterocycles. The van der Waals surface area contributed by atoms with Gasteiger partial charge in [0, 0.05) is 16.1 Å². The number of nitrogens with zero attached hydrogens (tertiary/aromatic N) is 1. The van der Waals surface area contributed by atoms with Crippen molar-refractivity contribution in [2.75, 3.05) is 7.11 Å². The van der Waals surface area contributed by atoms with Crippen LogP contribution < -0.4 is 0 Å². The Bertz CT molecular complexity index is 566. The molecule has 2 aromatic rings. The summed E-state index contributed by atoms with van der Waals surface area (Å²) < 4.78 is 5.64. The van der Waals surface area contributed by atoms with Crippen molar-refractivity contribution in [3.63, 3.8) is 0 Å². The first kappa shape index (κ1) is 11.1. The van der Waals surface area contributed by atoms with Crippen molar-refractivity contribution in [2.24, 2.45) is 0 Å². The van der Waals surface area contributed by atoms with E-state index in [0.29, 0.717) is 5.56 Å². The highest BCUT2D eigenvalue weighted by Crippen LogP contribution is 2.26. The number of fused-ring (bicyclic) bond motifs is 1. The Hall–Kier alpha value is -1.42. The van der Waals surface area contributed by atoms with Crippen molar-refractivity contribution in [1.82, 2.24) is 4.98 Å². The van der Waals surface area contributed by atoms with Gasteiger partial charge in [-0.15, -0.1) is 0 Å². The van der Waals surface area contributed by atoms with Crippen LogP contribution in [0, 0.1) is 6.92 Å². The average Bonchev–Trinajstić information content (AvgIpc) is 2.32. The predicted octanol–water partition coefficient (Wildman–Crippen LogP) is 3.09. The smallest absolute Gasteiger partial charge is 0.337 e. The van der Waals surface area contributed by atoms with Crippen LogP contribution in [0.2, 0.25) is 0 Å². The van der Waals surface area contributed by atoms with Gasteiger partial charge in [-0.2, -0.15) is 0 Å². The quantitative estimate of drug-likeness (QED) is 0.753. The minimum atomic E-state index is -0.338. The number of aryl methyl sites for hydroxylation is 1. The Morgan fingerprint density at radius 2 is 2.19 bits per heavy atom. The first-order chi connectivity index (χ1) is 7.63. The number of esters is 1. The van der Waals surface area contributed by atoms with Crippen molar-refractivity contribution in [1.29, 1.82) is 0 Å². The number of hydrogen-bond acceptors (Lipinski definition) is 3. The van der Waals surface area contributed by atoms with E-state index in [2.05, 4.69) is 25.7 Å². The maximum atomic E-state index is 11.4. The van der Waals surface area contributed by atoms with E-state index >= 15 is 0 Å². The molecule has 0 aliphatic heterocycles. The van der Waals surface area contributed by atoms with Crippen LogP contribution in [0.1, 0.15) is 15.9 Å². The van der Waals surface area contributed by atoms with Gasteiger partial charge in [0.1, 0.15) is 0 Å². The molecule has 0 radical (unpaired) electrons. The largest absolute Gasteiger partial charge is 0.465 e. The lowest BCUT2D eigenvalue weighted by molar-refractivity contribution is 0.0601. The van der Waals surface area contributed by atoms with Crippen LogP contribution in [0.5, 0.6) is 0 Å². The highest BCUT2D eigenvalue weighted by molar-refractivity contribution is 9.10. The van der Waals surface area contributed by atoms with Crippen molar-refractivity contribution < 1.29 is 9.53 Å². The minimum absolute atomic E-state index is 0.338. The lowest BCUT2D eigenvalue weighted by atomic mass is 10.1. The summed E-state index contributed by atoms with van der Waals surface area (Å²) >= 11 is 3.49. The molecule has 1 aromatic heterocycles. The summed E-state index contributed by atoms with van der Waals surface area (Å²) in [6, 6.07) is 5.31. The molecule has 3 nitrogen and oxygen atoms in total. The van der Waals surface area contributed by atoms with Crippen molar-refractivity contribution in [2.45, 2.75) is 6.92 Å². The molecular formula is C12H10BrNO2. The number of methoxy groups -OCH3 is 1. The summed E-state index contributed by atoms with van der Waals surface area (Å²) in [5.74, 6) is -0.338. The Balaban J connectivity index is 2.69. The van der Waals surface area contributed by atoms with Crippen LogP contribution in [-0.2, 0) is 4.74 Å². The third-order valence-electron chi connectivity index (χ3n) is 2.40. The molecule has 1 aromatic carbocycles. The molecule has 0 fully saturated rings. The number of halogens is 1. The molecule has 0 aliphatic carbocycles. The molecule has 0 saturated carbocycles. The minimum Gasteiger partial charge on any atom is -0.465 e. The van der Waals surface area contributed by atoms with Crippen LogP contribution in [-0.4, -0.2) is 18.1 Å². The van der Waals surface area contributed by atoms with Gasteiger partial charge in [-0.05, 0) is 46.6 Å². The van der Waals surface area contributed by atoms with Gasteiger partial charge in [0.05, 0.1) is 18.2 Å². The first-order valence-corrected chi connectivity index (χ1v) is 5.56. The van der Waals surface area contributed by atoms with Gasteiger partial charge in [0.25, 0.3) is 0 Å². The number of carbonyl (C=O) groups excluding carboxylic acids is 1. The fourth-order valence-electron chi connectivity index (χ4n) is 1.50. The van der Waals surface area contributed by atoms with Gasteiger partial charge in [-0.3, -0.25) is 4.98 Å². The molecular weight excluding hydrogens is 270 g/mol. The summed E-state index contributed by atoms with van der Waals surface area (Å²) in [4.78, 5) is 15.7. The van der Waals surface area contributed by atoms with E-state index < -0.39 is 0 Å². The van der Waals surface area contributed by atoms with Gasteiger partial charge in [-0.25, -0.2) is 4.79 Å². The lowest BCUT2D eigenvalue weighted by Gasteiger charge is -2.05. The van der Waals surface area contributed by atoms with E-state index in [9.17, 15) is 4.79 Å². The molecule has 0 saturated heterocycles. The molecule has 0 atom stereocenters. The average molecular weight is 280 g/mol. The van der Waals surface area contributed by atoms with E-state index in [1.54, 1.807) is 18.3 Å². The first-order valence-electron chi connectivity index (χ1n) is 4.76. The van der Waals surface area contributed by atoms with Gasteiger partial charge < -0.3 is 4.74 Å². The van der Waals surface area contributed by atoms with E-state index in [-0.39, 0.29) is 5.97 Å². The molecule has 0 N–H and O–H groups in total. The number of carbonyl (C=O) groups is 1. The maximum absolute atomic E-state index is 11.4. The molecule has 0 amide bonds. The van der Waals surface area contributed by atoms with Crippen LogP contribution >= 0.6 is 15.9 Å². The van der Waals surface area contributed by atoms with Gasteiger partial charge >= 0.3 is 5.97 Å². The predicted molar refractivity (Wildman–Crippen MR) is 65.5 cm³/mol. The zero-order chi connectivity index (χ0) is 11.7. The summed E-state index contributed by atoms with van der Waals surface area (Å²) in [7, 11) is 1.37. The molecule has 0 spiro atoms. The topological polar surface area (TPSA) is 39.2 Å². The number of pyridine rings is 1. The highest BCUT2D eigenvalue weighted by atomic mass is 79.9. The molecule has 2 rings (SSSR count). The number of aromatic nitrogens is 1. The van der Waals surface area contributed by atoms with Crippen molar-refractivity contribution in [3.05, 3.63) is 40.0 Å². The number of ether oxygens (including phenoxy) is 1. The summed E-state index contributed by atoms with van der Waals surface area (Å²) in [5.41, 5.74) is 2.42. The fourth-order valence-corrected chi connectivity index (χ4v) is 1.92. The van der Waals surface area contributed by atoms with Crippen molar-refractivity contribution >= 4 is 32.8 Å². The van der Waals surface area contributed by atoms with Crippen LogP contribution in [0.4, 0.5) is 0 Å². The van der Waals surface area contributed by atoms with Gasteiger partial charge in [-0.1, -0.05) is 0 Å². The zero-order valence-electron chi connectivity index (χ0n) is 8.95. The van der Waals surface area contributed by atoms with E-state index in [1.807, 2.05) is 13.0 Å². The maximum Gasteiger partial charge on any atom is 0.337 e. The molecule has 0 aliphatic rings. The second-order valence-electron chi connectivity index (χ2n) is 3.48. The second-order valence-corrected chi connectivity index (χ2v) is 4.27. The number of benzene rings is 1. The lowest BCUT2D eigenvalue weighted by Crippen LogP contribution is -2.01. The fraction of sp³-hybridized carbons (Fsp3) is 0.167. The number of hydrogen-bond donors (Lipinski definition) is 0. The van der Waals surface area contributed by atoms with E-state index in [1.165, 1.54) is 7.11 Å². The third kappa shape index (κ3) is 1.80. The third-order valence-corrected chi connectivity index (χ3v) is 3.45. The van der Waals surface area contributed by atoms with E-state index in [4.69, 9.17) is 0 Å². The van der Waals surface area contributed by atoms with Crippen LogP contribution in [0.15, 0.2) is 28.9 Å². The van der Waals surface area contributed by atoms with E-state index in [0.717, 1.165) is 20.9 Å². The zero-order valence-corrected chi connectivity index (χ0v) is 10.5. The summed E-state index contributed by atoms with van der Waals surface area (Å²) in [6.07, 6.45) is 1.80. The highest BCUT2D eigenvalue weighted by Gasteiger charge is 2.09. The van der Waals surface area contributed by atoms with Gasteiger partial charge in [0.2, 0.25) is 0 Å². The van der Waals surface area contributed by atoms with Gasteiger partial charge in [0.15, 0.2) is 0 Å². The summed E-state index contributed by atoms with van der Waals surface area (Å²) in [6.45, 7) is 1.96. The molecule has 82 valence electrons. The summed E-state index contributed by atoms with van der Waals surface area (Å²) in [5, 5.41) is 0.919. The SMILES string of the molecule is COC(=O)c1ccc2ncc(C)c(Br)c2c1. The monoisotopic (exact) mass is 279 g/mol.